The lowest BCUT2D eigenvalue weighted by atomic mass is 9.94. The fourth-order valence-electron chi connectivity index (χ4n) is 2.47. The van der Waals surface area contributed by atoms with Gasteiger partial charge in [0.15, 0.2) is 0 Å². The SMILES string of the molecule is CCCCCCCCC(CCCCNC)C(=O)NC. The summed E-state index contributed by atoms with van der Waals surface area (Å²) >= 11 is 0. The molecular weight excluding hydrogens is 236 g/mol. The van der Waals surface area contributed by atoms with Crippen molar-refractivity contribution in [3.05, 3.63) is 0 Å². The van der Waals surface area contributed by atoms with E-state index in [1.54, 1.807) is 7.05 Å². The minimum atomic E-state index is 0.230. The van der Waals surface area contributed by atoms with Gasteiger partial charge in [-0.25, -0.2) is 0 Å². The van der Waals surface area contributed by atoms with Crippen molar-refractivity contribution in [2.24, 2.45) is 5.92 Å². The van der Waals surface area contributed by atoms with Gasteiger partial charge in [0.2, 0.25) is 5.91 Å². The van der Waals surface area contributed by atoms with Crippen LogP contribution >= 0.6 is 0 Å². The zero-order chi connectivity index (χ0) is 14.3. The summed E-state index contributed by atoms with van der Waals surface area (Å²) in [6.45, 7) is 3.30. The Balaban J connectivity index is 3.71. The van der Waals surface area contributed by atoms with E-state index in [1.165, 1.54) is 44.9 Å². The Hall–Kier alpha value is -0.570. The van der Waals surface area contributed by atoms with Crippen molar-refractivity contribution in [2.75, 3.05) is 20.6 Å². The molecule has 0 rings (SSSR count). The maximum Gasteiger partial charge on any atom is 0.222 e. The summed E-state index contributed by atoms with van der Waals surface area (Å²) in [5.41, 5.74) is 0. The lowest BCUT2D eigenvalue weighted by Crippen LogP contribution is -2.27. The molecule has 0 aliphatic heterocycles. The second-order valence-electron chi connectivity index (χ2n) is 5.47. The Kier molecular flexibility index (Phi) is 13.4. The van der Waals surface area contributed by atoms with Crippen molar-refractivity contribution < 1.29 is 4.79 Å². The standard InChI is InChI=1S/C16H34N2O/c1-4-5-6-7-8-9-12-15(16(19)18-3)13-10-11-14-17-2/h15,17H,4-14H2,1-3H3,(H,18,19). The van der Waals surface area contributed by atoms with Gasteiger partial charge >= 0.3 is 0 Å². The molecule has 1 atom stereocenters. The molecule has 3 nitrogen and oxygen atoms in total. The Morgan fingerprint density at radius 1 is 0.895 bits per heavy atom. The first-order chi connectivity index (χ1) is 9.26. The van der Waals surface area contributed by atoms with Gasteiger partial charge in [-0.15, -0.1) is 0 Å². The number of nitrogens with one attached hydrogen (secondary N) is 2. The quantitative estimate of drug-likeness (QED) is 0.503. The minimum absolute atomic E-state index is 0.230. The molecule has 0 heterocycles. The predicted molar refractivity (Wildman–Crippen MR) is 83.3 cm³/mol. The maximum absolute atomic E-state index is 11.8. The molecule has 2 N–H and O–H groups in total. The van der Waals surface area contributed by atoms with Crippen molar-refractivity contribution in [1.29, 1.82) is 0 Å². The van der Waals surface area contributed by atoms with Crippen molar-refractivity contribution in [1.82, 2.24) is 10.6 Å². The Morgan fingerprint density at radius 3 is 2.05 bits per heavy atom. The van der Waals surface area contributed by atoms with Crippen LogP contribution in [0.15, 0.2) is 0 Å². The average molecular weight is 270 g/mol. The lowest BCUT2D eigenvalue weighted by molar-refractivity contribution is -0.125. The third kappa shape index (κ3) is 11.0. The highest BCUT2D eigenvalue weighted by molar-refractivity contribution is 5.78. The first-order valence-electron chi connectivity index (χ1n) is 8.12. The fourth-order valence-corrected chi connectivity index (χ4v) is 2.47. The van der Waals surface area contributed by atoms with E-state index in [0.717, 1.165) is 25.8 Å². The second kappa shape index (κ2) is 13.9. The van der Waals surface area contributed by atoms with E-state index in [-0.39, 0.29) is 11.8 Å². The zero-order valence-electron chi connectivity index (χ0n) is 13.3. The summed E-state index contributed by atoms with van der Waals surface area (Å²) in [4.78, 5) is 11.8. The predicted octanol–water partition coefficient (Wildman–Crippen LogP) is 3.49. The fraction of sp³-hybridized carbons (Fsp3) is 0.938. The molecule has 19 heavy (non-hydrogen) atoms. The first-order valence-corrected chi connectivity index (χ1v) is 8.12. The summed E-state index contributed by atoms with van der Waals surface area (Å²) in [6, 6.07) is 0. The van der Waals surface area contributed by atoms with Crippen molar-refractivity contribution in [3.8, 4) is 0 Å². The summed E-state index contributed by atoms with van der Waals surface area (Å²) in [5, 5.41) is 5.97. The maximum atomic E-state index is 11.8. The summed E-state index contributed by atoms with van der Waals surface area (Å²) in [7, 11) is 3.73. The van der Waals surface area contributed by atoms with E-state index in [0.29, 0.717) is 0 Å². The van der Waals surface area contributed by atoms with Crippen LogP contribution in [0.5, 0.6) is 0 Å². The third-order valence-electron chi connectivity index (χ3n) is 3.75. The van der Waals surface area contributed by atoms with E-state index < -0.39 is 0 Å². The van der Waals surface area contributed by atoms with Crippen LogP contribution in [0.25, 0.3) is 0 Å². The number of carbonyl (C=O) groups excluding carboxylic acids is 1. The van der Waals surface area contributed by atoms with Gasteiger partial charge < -0.3 is 10.6 Å². The number of amides is 1. The van der Waals surface area contributed by atoms with Gasteiger partial charge in [-0.05, 0) is 32.9 Å². The first kappa shape index (κ1) is 18.4. The van der Waals surface area contributed by atoms with E-state index in [4.69, 9.17) is 0 Å². The molecular formula is C16H34N2O. The third-order valence-corrected chi connectivity index (χ3v) is 3.75. The molecule has 0 saturated carbocycles. The van der Waals surface area contributed by atoms with Crippen LogP contribution in [0.3, 0.4) is 0 Å². The molecule has 0 bridgehead atoms. The summed E-state index contributed by atoms with van der Waals surface area (Å²) in [6.07, 6.45) is 12.2. The molecule has 1 unspecified atom stereocenters. The Bertz CT molecular complexity index is 207. The normalized spacial score (nSPS) is 12.4. The van der Waals surface area contributed by atoms with E-state index in [9.17, 15) is 4.79 Å². The molecule has 0 aromatic heterocycles. The highest BCUT2D eigenvalue weighted by Gasteiger charge is 2.15. The second-order valence-corrected chi connectivity index (χ2v) is 5.47. The molecule has 0 fully saturated rings. The molecule has 0 aliphatic carbocycles. The van der Waals surface area contributed by atoms with E-state index in [1.807, 2.05) is 7.05 Å². The van der Waals surface area contributed by atoms with E-state index >= 15 is 0 Å². The van der Waals surface area contributed by atoms with Gasteiger partial charge in [0.1, 0.15) is 0 Å². The average Bonchev–Trinajstić information content (AvgIpc) is 2.44. The van der Waals surface area contributed by atoms with Crippen LogP contribution < -0.4 is 10.6 Å². The monoisotopic (exact) mass is 270 g/mol. The molecule has 0 spiro atoms. The molecule has 0 radical (unpaired) electrons. The van der Waals surface area contributed by atoms with Gasteiger partial charge in [0.05, 0.1) is 0 Å². The van der Waals surface area contributed by atoms with Gasteiger partial charge in [0.25, 0.3) is 0 Å². The molecule has 1 amide bonds. The number of unbranched alkanes of at least 4 members (excludes halogenated alkanes) is 6. The van der Waals surface area contributed by atoms with Crippen molar-refractivity contribution >= 4 is 5.91 Å². The largest absolute Gasteiger partial charge is 0.359 e. The van der Waals surface area contributed by atoms with E-state index in [2.05, 4.69) is 17.6 Å². The summed E-state index contributed by atoms with van der Waals surface area (Å²) < 4.78 is 0. The van der Waals surface area contributed by atoms with Crippen LogP contribution in [0, 0.1) is 5.92 Å². The molecule has 0 aromatic carbocycles. The summed E-state index contributed by atoms with van der Waals surface area (Å²) in [5.74, 6) is 0.464. The zero-order valence-corrected chi connectivity index (χ0v) is 13.3. The Labute approximate surface area is 119 Å². The Morgan fingerprint density at radius 2 is 1.47 bits per heavy atom. The number of carbonyl (C=O) groups is 1. The lowest BCUT2D eigenvalue weighted by Gasteiger charge is -2.15. The topological polar surface area (TPSA) is 41.1 Å². The van der Waals surface area contributed by atoms with Crippen molar-refractivity contribution in [3.63, 3.8) is 0 Å². The smallest absolute Gasteiger partial charge is 0.222 e. The molecule has 114 valence electrons. The number of rotatable bonds is 13. The molecule has 0 saturated heterocycles. The van der Waals surface area contributed by atoms with Crippen molar-refractivity contribution in [2.45, 2.75) is 71.1 Å². The van der Waals surface area contributed by atoms with Crippen LogP contribution in [-0.4, -0.2) is 26.5 Å². The molecule has 3 heteroatoms. The van der Waals surface area contributed by atoms with Crippen LogP contribution in [0.1, 0.15) is 71.1 Å². The van der Waals surface area contributed by atoms with Crippen LogP contribution in [-0.2, 0) is 4.79 Å². The van der Waals surface area contributed by atoms with Crippen LogP contribution in [0.4, 0.5) is 0 Å². The van der Waals surface area contributed by atoms with Gasteiger partial charge in [0, 0.05) is 13.0 Å². The number of hydrogen-bond acceptors (Lipinski definition) is 2. The van der Waals surface area contributed by atoms with Gasteiger partial charge in [-0.1, -0.05) is 51.9 Å². The van der Waals surface area contributed by atoms with Gasteiger partial charge in [-0.2, -0.15) is 0 Å². The number of hydrogen-bond donors (Lipinski definition) is 2. The van der Waals surface area contributed by atoms with Crippen LogP contribution in [0.2, 0.25) is 0 Å². The highest BCUT2D eigenvalue weighted by Crippen LogP contribution is 2.18. The molecule has 0 aliphatic rings. The van der Waals surface area contributed by atoms with Gasteiger partial charge in [-0.3, -0.25) is 4.79 Å². The minimum Gasteiger partial charge on any atom is -0.359 e. The highest BCUT2D eigenvalue weighted by atomic mass is 16.1. The molecule has 0 aromatic rings.